The predicted molar refractivity (Wildman–Crippen MR) is 88.9 cm³/mol. The van der Waals surface area contributed by atoms with Crippen LogP contribution in [0.1, 0.15) is 18.4 Å². The summed E-state index contributed by atoms with van der Waals surface area (Å²) in [6.07, 6.45) is 3.35. The Morgan fingerprint density at radius 2 is 2.17 bits per heavy atom. The van der Waals surface area contributed by atoms with Crippen molar-refractivity contribution in [2.75, 3.05) is 19.7 Å². The van der Waals surface area contributed by atoms with Gasteiger partial charge in [-0.1, -0.05) is 18.2 Å². The Balaban J connectivity index is 1.52. The van der Waals surface area contributed by atoms with Crippen molar-refractivity contribution < 1.29 is 14.3 Å². The summed E-state index contributed by atoms with van der Waals surface area (Å²) in [5.41, 5.74) is 1.02. The smallest absolute Gasteiger partial charge is 0.260 e. The van der Waals surface area contributed by atoms with Gasteiger partial charge in [-0.05, 0) is 37.5 Å². The number of hydrogen-bond donors (Lipinski definition) is 0. The van der Waals surface area contributed by atoms with Crippen molar-refractivity contribution in [2.45, 2.75) is 25.9 Å². The molecule has 6 nitrogen and oxygen atoms in total. The van der Waals surface area contributed by atoms with E-state index in [4.69, 9.17) is 9.47 Å². The third kappa shape index (κ3) is 4.22. The first-order chi connectivity index (χ1) is 11.7. The van der Waals surface area contributed by atoms with E-state index in [1.54, 1.807) is 23.2 Å². The Labute approximate surface area is 141 Å². The van der Waals surface area contributed by atoms with E-state index in [-0.39, 0.29) is 18.6 Å². The van der Waals surface area contributed by atoms with Crippen molar-refractivity contribution in [3.05, 3.63) is 48.2 Å². The minimum atomic E-state index is -0.0575. The number of carbonyl (C=O) groups excluding carboxylic acids is 1. The quantitative estimate of drug-likeness (QED) is 0.842. The van der Waals surface area contributed by atoms with E-state index < -0.39 is 0 Å². The van der Waals surface area contributed by atoms with Crippen LogP contribution in [-0.4, -0.2) is 46.8 Å². The van der Waals surface area contributed by atoms with Gasteiger partial charge in [-0.3, -0.25) is 4.79 Å². The van der Waals surface area contributed by atoms with Crippen LogP contribution in [-0.2, 0) is 4.79 Å². The minimum Gasteiger partial charge on any atom is -0.484 e. The highest BCUT2D eigenvalue weighted by Gasteiger charge is 2.25. The van der Waals surface area contributed by atoms with Crippen LogP contribution in [0.4, 0.5) is 0 Å². The molecule has 1 aliphatic rings. The molecule has 24 heavy (non-hydrogen) atoms. The molecule has 2 aromatic rings. The van der Waals surface area contributed by atoms with Crippen molar-refractivity contribution in [2.24, 2.45) is 0 Å². The third-order valence-corrected chi connectivity index (χ3v) is 4.01. The van der Waals surface area contributed by atoms with Gasteiger partial charge in [0.25, 0.3) is 5.91 Å². The maximum absolute atomic E-state index is 12.4. The summed E-state index contributed by atoms with van der Waals surface area (Å²) in [6.45, 7) is 3.29. The van der Waals surface area contributed by atoms with Crippen molar-refractivity contribution in [3.63, 3.8) is 0 Å². The van der Waals surface area contributed by atoms with Crippen molar-refractivity contribution in [1.82, 2.24) is 15.1 Å². The van der Waals surface area contributed by atoms with Gasteiger partial charge >= 0.3 is 0 Å². The molecule has 3 rings (SSSR count). The molecule has 0 aliphatic carbocycles. The van der Waals surface area contributed by atoms with Gasteiger partial charge in [-0.25, -0.2) is 0 Å². The zero-order chi connectivity index (χ0) is 16.8. The molecular weight excluding hydrogens is 306 g/mol. The molecule has 1 atom stereocenters. The lowest BCUT2D eigenvalue weighted by Crippen LogP contribution is -2.46. The molecule has 1 aliphatic heterocycles. The number of para-hydroxylation sites is 1. The average molecular weight is 327 g/mol. The minimum absolute atomic E-state index is 0.0225. The van der Waals surface area contributed by atoms with Gasteiger partial charge in [0, 0.05) is 18.8 Å². The second kappa shape index (κ2) is 7.77. The van der Waals surface area contributed by atoms with Crippen LogP contribution in [0, 0.1) is 6.92 Å². The van der Waals surface area contributed by atoms with Crippen LogP contribution >= 0.6 is 0 Å². The maximum atomic E-state index is 12.4. The number of hydrogen-bond acceptors (Lipinski definition) is 5. The Hall–Kier alpha value is -2.63. The highest BCUT2D eigenvalue weighted by atomic mass is 16.5. The molecule has 2 heterocycles. The van der Waals surface area contributed by atoms with Gasteiger partial charge < -0.3 is 14.4 Å². The zero-order valence-electron chi connectivity index (χ0n) is 13.7. The van der Waals surface area contributed by atoms with E-state index in [9.17, 15) is 4.79 Å². The number of nitrogens with zero attached hydrogens (tertiary/aromatic N) is 3. The highest BCUT2D eigenvalue weighted by Crippen LogP contribution is 2.18. The first kappa shape index (κ1) is 16.2. The van der Waals surface area contributed by atoms with E-state index in [1.165, 1.54) is 0 Å². The number of amides is 1. The summed E-state index contributed by atoms with van der Waals surface area (Å²) in [5.74, 6) is 1.22. The molecular formula is C18H21N3O3. The molecule has 126 valence electrons. The monoisotopic (exact) mass is 327 g/mol. The fourth-order valence-electron chi connectivity index (χ4n) is 2.73. The third-order valence-electron chi connectivity index (χ3n) is 4.01. The van der Waals surface area contributed by atoms with E-state index in [0.29, 0.717) is 12.4 Å². The number of piperidine rings is 1. The van der Waals surface area contributed by atoms with Gasteiger partial charge in [-0.2, -0.15) is 5.10 Å². The van der Waals surface area contributed by atoms with E-state index in [0.717, 1.165) is 30.7 Å². The second-order valence-electron chi connectivity index (χ2n) is 5.84. The topological polar surface area (TPSA) is 64.5 Å². The Morgan fingerprint density at radius 3 is 2.96 bits per heavy atom. The molecule has 0 N–H and O–H groups in total. The van der Waals surface area contributed by atoms with Gasteiger partial charge in [0.2, 0.25) is 5.88 Å². The molecule has 1 aromatic heterocycles. The van der Waals surface area contributed by atoms with E-state index in [1.807, 2.05) is 31.2 Å². The van der Waals surface area contributed by atoms with Gasteiger partial charge in [0.1, 0.15) is 11.9 Å². The summed E-state index contributed by atoms with van der Waals surface area (Å²) in [5, 5.41) is 7.73. The number of aryl methyl sites for hydroxylation is 1. The molecule has 1 unspecified atom stereocenters. The Morgan fingerprint density at radius 1 is 1.29 bits per heavy atom. The first-order valence-electron chi connectivity index (χ1n) is 8.13. The number of aromatic nitrogens is 2. The summed E-state index contributed by atoms with van der Waals surface area (Å²) >= 11 is 0. The number of likely N-dealkylation sites (tertiary alicyclic amines) is 1. The van der Waals surface area contributed by atoms with Crippen LogP contribution in [0.2, 0.25) is 0 Å². The van der Waals surface area contributed by atoms with Crippen molar-refractivity contribution in [3.8, 4) is 11.6 Å². The molecule has 1 aromatic carbocycles. The zero-order valence-corrected chi connectivity index (χ0v) is 13.7. The van der Waals surface area contributed by atoms with Gasteiger partial charge in [0.15, 0.2) is 6.61 Å². The van der Waals surface area contributed by atoms with Crippen LogP contribution in [0.15, 0.2) is 42.6 Å². The lowest BCUT2D eigenvalue weighted by atomic mass is 10.1. The van der Waals surface area contributed by atoms with Crippen molar-refractivity contribution in [1.29, 1.82) is 0 Å². The fourth-order valence-corrected chi connectivity index (χ4v) is 2.73. The number of ether oxygens (including phenoxy) is 2. The number of rotatable bonds is 5. The number of carbonyl (C=O) groups is 1. The molecule has 1 amide bonds. The normalized spacial score (nSPS) is 17.4. The van der Waals surface area contributed by atoms with Gasteiger partial charge in [0.05, 0.1) is 6.54 Å². The Kier molecular flexibility index (Phi) is 5.25. The van der Waals surface area contributed by atoms with Crippen molar-refractivity contribution >= 4 is 5.91 Å². The average Bonchev–Trinajstić information content (AvgIpc) is 2.62. The summed E-state index contributed by atoms with van der Waals surface area (Å²) in [4.78, 5) is 14.2. The second-order valence-corrected chi connectivity index (χ2v) is 5.84. The molecule has 0 spiro atoms. The maximum Gasteiger partial charge on any atom is 0.260 e. The van der Waals surface area contributed by atoms with Gasteiger partial charge in [-0.15, -0.1) is 5.10 Å². The molecule has 1 saturated heterocycles. The van der Waals surface area contributed by atoms with E-state index >= 15 is 0 Å². The lowest BCUT2D eigenvalue weighted by Gasteiger charge is -2.32. The molecule has 0 radical (unpaired) electrons. The van der Waals surface area contributed by atoms with Crippen LogP contribution in [0.5, 0.6) is 11.6 Å². The highest BCUT2D eigenvalue weighted by molar-refractivity contribution is 5.78. The summed E-state index contributed by atoms with van der Waals surface area (Å²) < 4.78 is 11.5. The summed E-state index contributed by atoms with van der Waals surface area (Å²) in [7, 11) is 0. The fraction of sp³-hybridized carbons (Fsp3) is 0.389. The van der Waals surface area contributed by atoms with E-state index in [2.05, 4.69) is 10.2 Å². The van der Waals surface area contributed by atoms with Crippen LogP contribution in [0.3, 0.4) is 0 Å². The van der Waals surface area contributed by atoms with Crippen LogP contribution < -0.4 is 9.47 Å². The largest absolute Gasteiger partial charge is 0.484 e. The Bertz CT molecular complexity index is 678. The van der Waals surface area contributed by atoms with Crippen LogP contribution in [0.25, 0.3) is 0 Å². The molecule has 0 saturated carbocycles. The SMILES string of the molecule is Cc1ccccc1OCC(=O)N1CCCC(Oc2cccnn2)C1. The number of benzene rings is 1. The molecule has 0 bridgehead atoms. The predicted octanol–water partition coefficient (Wildman–Crippen LogP) is 2.23. The summed E-state index contributed by atoms with van der Waals surface area (Å²) in [6, 6.07) is 11.2. The first-order valence-corrected chi connectivity index (χ1v) is 8.13. The molecule has 6 heteroatoms. The lowest BCUT2D eigenvalue weighted by molar-refractivity contribution is -0.136. The standard InChI is InChI=1S/C18H21N3O3/c1-14-6-2-3-8-16(14)23-13-18(22)21-11-5-7-15(12-21)24-17-9-4-10-19-20-17/h2-4,6,8-10,15H,5,7,11-13H2,1H3. The molecule has 1 fully saturated rings.